The molecule has 12 heteroatoms. The summed E-state index contributed by atoms with van der Waals surface area (Å²) < 4.78 is 8.43. The van der Waals surface area contributed by atoms with Gasteiger partial charge in [0.2, 0.25) is 11.6 Å². The Labute approximate surface area is 145 Å². The molecule has 0 aromatic rings. The highest BCUT2D eigenvalue weighted by molar-refractivity contribution is 6.33. The van der Waals surface area contributed by atoms with Crippen molar-refractivity contribution < 1.29 is 58.0 Å². The zero-order valence-corrected chi connectivity index (χ0v) is 13.2. The molecule has 0 fully saturated rings. The maximum Gasteiger partial charge on any atom is 0.372 e. The molecule has 0 saturated carbocycles. The third-order valence-corrected chi connectivity index (χ3v) is 2.58. The molecule has 26 heavy (non-hydrogen) atoms. The summed E-state index contributed by atoms with van der Waals surface area (Å²) in [4.78, 5) is 86.8. The lowest BCUT2D eigenvalue weighted by Gasteiger charge is -2.03. The summed E-state index contributed by atoms with van der Waals surface area (Å²) in [6, 6.07) is 0. The molecule has 0 aromatic carbocycles. The van der Waals surface area contributed by atoms with Gasteiger partial charge in [-0.15, -0.1) is 0 Å². The summed E-state index contributed by atoms with van der Waals surface area (Å²) in [6.07, 6.45) is -3.88. The summed E-state index contributed by atoms with van der Waals surface area (Å²) in [5.74, 6) is -10.6. The van der Waals surface area contributed by atoms with E-state index in [0.717, 1.165) is 0 Å². The van der Waals surface area contributed by atoms with Gasteiger partial charge in [-0.05, 0) is 0 Å². The van der Waals surface area contributed by atoms with Crippen LogP contribution in [0, 0.1) is 0 Å². The molecule has 0 aliphatic heterocycles. The molecule has 0 radical (unpaired) electrons. The van der Waals surface area contributed by atoms with Gasteiger partial charge in [0.25, 0.3) is 0 Å². The van der Waals surface area contributed by atoms with Gasteiger partial charge in [-0.3, -0.25) is 28.8 Å². The number of carbonyl (C=O) groups is 8. The van der Waals surface area contributed by atoms with Crippen molar-refractivity contribution >= 4 is 47.4 Å². The molecule has 0 atom stereocenters. The van der Waals surface area contributed by atoms with Crippen molar-refractivity contribution in [1.29, 1.82) is 0 Å². The van der Waals surface area contributed by atoms with E-state index >= 15 is 0 Å². The van der Waals surface area contributed by atoms with Crippen LogP contribution in [0.2, 0.25) is 0 Å². The Balaban J connectivity index is 4.05. The highest BCUT2D eigenvalue weighted by atomic mass is 16.6. The summed E-state index contributed by atoms with van der Waals surface area (Å²) in [6.45, 7) is 0. The van der Waals surface area contributed by atoms with Crippen LogP contribution in [0.15, 0.2) is 0 Å². The topological polar surface area (TPSA) is 195 Å². The molecule has 2 N–H and O–H groups in total. The van der Waals surface area contributed by atoms with Crippen LogP contribution in [0.4, 0.5) is 0 Å². The Kier molecular flexibility index (Phi) is 9.69. The van der Waals surface area contributed by atoms with Gasteiger partial charge in [-0.25, -0.2) is 9.59 Å². The van der Waals surface area contributed by atoms with Gasteiger partial charge in [-0.2, -0.15) is 0 Å². The van der Waals surface area contributed by atoms with E-state index in [4.69, 9.17) is 10.2 Å². The number of esters is 4. The van der Waals surface area contributed by atoms with Crippen LogP contribution in [-0.2, 0) is 47.8 Å². The van der Waals surface area contributed by atoms with Crippen LogP contribution in [-0.4, -0.2) is 57.6 Å². The zero-order valence-electron chi connectivity index (χ0n) is 13.2. The number of ether oxygens (including phenoxy) is 2. The summed E-state index contributed by atoms with van der Waals surface area (Å²) in [5, 5.41) is 16.6. The van der Waals surface area contributed by atoms with Gasteiger partial charge in [0.1, 0.15) is 0 Å². The first-order valence-electron chi connectivity index (χ1n) is 7.02. The van der Waals surface area contributed by atoms with Gasteiger partial charge in [0, 0.05) is 12.8 Å². The highest BCUT2D eigenvalue weighted by Gasteiger charge is 2.19. The maximum absolute atomic E-state index is 11.3. The molecule has 0 spiro atoms. The second kappa shape index (κ2) is 11.2. The molecule has 0 amide bonds. The standard InChI is InChI=1S/C14H14O12/c15-7(13(21)22)1-3-9(17)25-11(19)5-6-12(20)26-10(18)4-2-8(16)14(23)24/h1-6H2,(H,21,22)(H,23,24). The number of ketones is 2. The molecule has 0 aromatic heterocycles. The normalized spacial score (nSPS) is 9.69. The largest absolute Gasteiger partial charge is 0.476 e. The molecule has 0 aliphatic carbocycles. The molecule has 0 unspecified atom stereocenters. The number of hydrogen-bond donors (Lipinski definition) is 2. The minimum Gasteiger partial charge on any atom is -0.476 e. The highest BCUT2D eigenvalue weighted by Crippen LogP contribution is 2.02. The molecule has 0 heterocycles. The van der Waals surface area contributed by atoms with E-state index in [2.05, 4.69) is 9.47 Å². The Morgan fingerprint density at radius 1 is 0.462 bits per heavy atom. The molecule has 0 bridgehead atoms. The number of Topliss-reactive ketones (excluding diaryl/α,β-unsaturated/α-hetero) is 2. The Morgan fingerprint density at radius 3 is 0.923 bits per heavy atom. The van der Waals surface area contributed by atoms with Crippen molar-refractivity contribution in [3.8, 4) is 0 Å². The summed E-state index contributed by atoms with van der Waals surface area (Å²) in [7, 11) is 0. The van der Waals surface area contributed by atoms with Crippen LogP contribution < -0.4 is 0 Å². The second-order valence-corrected chi connectivity index (χ2v) is 4.65. The quantitative estimate of drug-likeness (QED) is 0.249. The predicted molar refractivity (Wildman–Crippen MR) is 75.2 cm³/mol. The summed E-state index contributed by atoms with van der Waals surface area (Å²) in [5.41, 5.74) is 0. The lowest BCUT2D eigenvalue weighted by molar-refractivity contribution is -0.165. The van der Waals surface area contributed by atoms with Crippen LogP contribution in [0.25, 0.3) is 0 Å². The molecule has 0 rings (SSSR count). The van der Waals surface area contributed by atoms with E-state index in [9.17, 15) is 38.4 Å². The monoisotopic (exact) mass is 374 g/mol. The number of carboxylic acids is 2. The fourth-order valence-corrected chi connectivity index (χ4v) is 1.31. The number of rotatable bonds is 11. The van der Waals surface area contributed by atoms with E-state index in [-0.39, 0.29) is 0 Å². The van der Waals surface area contributed by atoms with Gasteiger partial charge < -0.3 is 19.7 Å². The summed E-state index contributed by atoms with van der Waals surface area (Å²) >= 11 is 0. The minimum absolute atomic E-state index is 0.640. The number of aliphatic carboxylic acids is 2. The van der Waals surface area contributed by atoms with Crippen LogP contribution in [0.3, 0.4) is 0 Å². The first kappa shape index (κ1) is 22.6. The van der Waals surface area contributed by atoms with Crippen molar-refractivity contribution in [2.45, 2.75) is 38.5 Å². The average Bonchev–Trinajstić information content (AvgIpc) is 2.55. The molecule has 0 aliphatic rings. The third kappa shape index (κ3) is 10.4. The van der Waals surface area contributed by atoms with Crippen LogP contribution >= 0.6 is 0 Å². The van der Waals surface area contributed by atoms with Crippen molar-refractivity contribution in [2.75, 3.05) is 0 Å². The van der Waals surface area contributed by atoms with Gasteiger partial charge >= 0.3 is 35.8 Å². The zero-order chi connectivity index (χ0) is 20.3. The smallest absolute Gasteiger partial charge is 0.372 e. The van der Waals surface area contributed by atoms with Crippen molar-refractivity contribution in [1.82, 2.24) is 0 Å². The maximum atomic E-state index is 11.3. The van der Waals surface area contributed by atoms with E-state index in [1.165, 1.54) is 0 Å². The Bertz CT molecular complexity index is 588. The minimum atomic E-state index is -1.73. The first-order valence-corrected chi connectivity index (χ1v) is 7.02. The second-order valence-electron chi connectivity index (χ2n) is 4.65. The van der Waals surface area contributed by atoms with E-state index in [1.54, 1.807) is 0 Å². The number of carboxylic acid groups (broad SMARTS) is 2. The van der Waals surface area contributed by atoms with E-state index < -0.39 is 85.9 Å². The molecule has 0 saturated heterocycles. The molecule has 142 valence electrons. The van der Waals surface area contributed by atoms with Crippen LogP contribution in [0.1, 0.15) is 38.5 Å². The number of hydrogen-bond acceptors (Lipinski definition) is 10. The van der Waals surface area contributed by atoms with E-state index in [0.29, 0.717) is 0 Å². The lowest BCUT2D eigenvalue weighted by Crippen LogP contribution is -2.19. The fraction of sp³-hybridized carbons (Fsp3) is 0.429. The first-order chi connectivity index (χ1) is 12.0. The molecular weight excluding hydrogens is 360 g/mol. The Morgan fingerprint density at radius 2 is 0.692 bits per heavy atom. The number of carbonyl (C=O) groups excluding carboxylic acids is 6. The van der Waals surface area contributed by atoms with E-state index in [1.807, 2.05) is 0 Å². The van der Waals surface area contributed by atoms with Gasteiger partial charge in [0.15, 0.2) is 0 Å². The predicted octanol–water partition coefficient (Wildman–Crippen LogP) is -1.23. The van der Waals surface area contributed by atoms with Gasteiger partial charge in [-0.1, -0.05) is 0 Å². The van der Waals surface area contributed by atoms with Gasteiger partial charge in [0.05, 0.1) is 25.7 Å². The molecule has 12 nitrogen and oxygen atoms in total. The Hall–Kier alpha value is -3.44. The van der Waals surface area contributed by atoms with Crippen LogP contribution in [0.5, 0.6) is 0 Å². The van der Waals surface area contributed by atoms with Crippen molar-refractivity contribution in [3.05, 3.63) is 0 Å². The van der Waals surface area contributed by atoms with Crippen molar-refractivity contribution in [3.63, 3.8) is 0 Å². The third-order valence-electron chi connectivity index (χ3n) is 2.58. The lowest BCUT2D eigenvalue weighted by atomic mass is 10.2. The van der Waals surface area contributed by atoms with Crippen molar-refractivity contribution in [2.24, 2.45) is 0 Å². The fourth-order valence-electron chi connectivity index (χ4n) is 1.31. The average molecular weight is 374 g/mol. The SMILES string of the molecule is O=C(CCC(=O)OC(=O)CCC(=O)C(=O)O)OC(=O)CCC(=O)C(=O)O. The molecular formula is C14H14O12.